The summed E-state index contributed by atoms with van der Waals surface area (Å²) in [5.41, 5.74) is 2.46. The first-order valence-electron chi connectivity index (χ1n) is 14.4. The third-order valence-corrected chi connectivity index (χ3v) is 9.61. The standard InChI is InChI=1S/C33H33N5O6S/c1-22(2)45(42,43)29-12-8-27(9-13-29)37-16-18-38(19-17-37)33(41)30-14-6-25(20-34-30)32(40)36-26-7-15-31(35-21-26)44-28-10-4-24(5-11-28)23(3)39/h4-15,20-22H,16-19H2,1-3H3,(H,36,40). The third-order valence-electron chi connectivity index (χ3n) is 7.44. The van der Waals surface area contributed by atoms with Crippen molar-refractivity contribution < 1.29 is 27.5 Å². The highest BCUT2D eigenvalue weighted by atomic mass is 32.2. The van der Waals surface area contributed by atoms with Gasteiger partial charge in [-0.1, -0.05) is 0 Å². The highest BCUT2D eigenvalue weighted by molar-refractivity contribution is 7.92. The molecule has 0 radical (unpaired) electrons. The van der Waals surface area contributed by atoms with Crippen molar-refractivity contribution in [3.05, 3.63) is 102 Å². The maximum absolute atomic E-state index is 13.1. The second-order valence-electron chi connectivity index (χ2n) is 10.8. The topological polar surface area (TPSA) is 139 Å². The number of piperazine rings is 1. The second-order valence-corrected chi connectivity index (χ2v) is 13.3. The molecule has 2 aromatic carbocycles. The maximum atomic E-state index is 13.1. The van der Waals surface area contributed by atoms with Crippen molar-refractivity contribution in [3.63, 3.8) is 0 Å². The number of carbonyl (C=O) groups is 3. The van der Waals surface area contributed by atoms with Crippen LogP contribution in [-0.4, -0.2) is 72.3 Å². The van der Waals surface area contributed by atoms with E-state index in [4.69, 9.17) is 4.74 Å². The van der Waals surface area contributed by atoms with Crippen molar-refractivity contribution in [2.45, 2.75) is 30.9 Å². The van der Waals surface area contributed by atoms with Gasteiger partial charge in [0.1, 0.15) is 11.4 Å². The number of pyridine rings is 2. The zero-order valence-electron chi connectivity index (χ0n) is 25.1. The van der Waals surface area contributed by atoms with E-state index in [1.54, 1.807) is 85.5 Å². The quantitative estimate of drug-likeness (QED) is 0.258. The lowest BCUT2D eigenvalue weighted by molar-refractivity contribution is 0.0740. The van der Waals surface area contributed by atoms with Crippen LogP contribution in [0.4, 0.5) is 11.4 Å². The van der Waals surface area contributed by atoms with E-state index in [-0.39, 0.29) is 22.9 Å². The number of nitrogens with one attached hydrogen (secondary N) is 1. The largest absolute Gasteiger partial charge is 0.439 e. The highest BCUT2D eigenvalue weighted by Gasteiger charge is 2.24. The summed E-state index contributed by atoms with van der Waals surface area (Å²) in [5, 5.41) is 2.26. The lowest BCUT2D eigenvalue weighted by atomic mass is 10.1. The van der Waals surface area contributed by atoms with Crippen LogP contribution in [0.3, 0.4) is 0 Å². The number of ether oxygens (including phenoxy) is 1. The Morgan fingerprint density at radius 1 is 0.800 bits per heavy atom. The van der Waals surface area contributed by atoms with Crippen LogP contribution in [0.5, 0.6) is 11.6 Å². The van der Waals surface area contributed by atoms with Crippen molar-refractivity contribution >= 4 is 38.8 Å². The number of amides is 2. The normalized spacial score (nSPS) is 13.4. The molecule has 0 atom stereocenters. The van der Waals surface area contributed by atoms with Crippen LogP contribution >= 0.6 is 0 Å². The van der Waals surface area contributed by atoms with Crippen LogP contribution in [0.15, 0.2) is 90.1 Å². The molecule has 1 N–H and O–H groups in total. The minimum Gasteiger partial charge on any atom is -0.439 e. The van der Waals surface area contributed by atoms with Gasteiger partial charge >= 0.3 is 0 Å². The average Bonchev–Trinajstić information content (AvgIpc) is 3.05. The molecule has 11 nitrogen and oxygen atoms in total. The molecule has 5 rings (SSSR count). The second kappa shape index (κ2) is 13.3. The molecule has 2 aromatic heterocycles. The summed E-state index contributed by atoms with van der Waals surface area (Å²) in [6, 6.07) is 19.9. The summed E-state index contributed by atoms with van der Waals surface area (Å²) in [6.07, 6.45) is 2.82. The van der Waals surface area contributed by atoms with Gasteiger partial charge in [0, 0.05) is 49.7 Å². The van der Waals surface area contributed by atoms with E-state index >= 15 is 0 Å². The number of carbonyl (C=O) groups excluding carboxylic acids is 3. The molecule has 12 heteroatoms. The molecule has 1 saturated heterocycles. The number of hydrogen-bond donors (Lipinski definition) is 1. The van der Waals surface area contributed by atoms with E-state index in [2.05, 4.69) is 20.2 Å². The Morgan fingerprint density at radius 2 is 1.47 bits per heavy atom. The predicted molar refractivity (Wildman–Crippen MR) is 170 cm³/mol. The number of aromatic nitrogens is 2. The predicted octanol–water partition coefficient (Wildman–Crippen LogP) is 4.87. The van der Waals surface area contributed by atoms with E-state index in [1.165, 1.54) is 25.4 Å². The smallest absolute Gasteiger partial charge is 0.272 e. The number of nitrogens with zero attached hydrogens (tertiary/aromatic N) is 4. The monoisotopic (exact) mass is 627 g/mol. The van der Waals surface area contributed by atoms with Gasteiger partial charge in [0.25, 0.3) is 11.8 Å². The summed E-state index contributed by atoms with van der Waals surface area (Å²) >= 11 is 0. The first-order chi connectivity index (χ1) is 21.5. The lowest BCUT2D eigenvalue weighted by Gasteiger charge is -2.36. The third kappa shape index (κ3) is 7.35. The molecule has 0 aliphatic carbocycles. The van der Waals surface area contributed by atoms with Gasteiger partial charge in [0.15, 0.2) is 15.6 Å². The van der Waals surface area contributed by atoms with E-state index in [1.807, 2.05) is 0 Å². The number of sulfone groups is 1. The molecule has 45 heavy (non-hydrogen) atoms. The zero-order chi connectivity index (χ0) is 32.1. The number of benzene rings is 2. The van der Waals surface area contributed by atoms with E-state index < -0.39 is 21.0 Å². The van der Waals surface area contributed by atoms with Crippen LogP contribution in [0.1, 0.15) is 52.0 Å². The molecule has 1 aliphatic rings. The molecule has 3 heterocycles. The minimum atomic E-state index is -3.33. The molecule has 0 saturated carbocycles. The van der Waals surface area contributed by atoms with Crippen molar-refractivity contribution in [1.29, 1.82) is 0 Å². The number of rotatable bonds is 9. The molecule has 232 valence electrons. The Bertz CT molecular complexity index is 1780. The molecule has 0 unspecified atom stereocenters. The number of Topliss-reactive ketones (excluding diaryl/α,β-unsaturated/α-hetero) is 1. The van der Waals surface area contributed by atoms with Crippen LogP contribution < -0.4 is 15.0 Å². The van der Waals surface area contributed by atoms with Gasteiger partial charge in [-0.15, -0.1) is 0 Å². The molecule has 0 bridgehead atoms. The average molecular weight is 628 g/mol. The fourth-order valence-electron chi connectivity index (χ4n) is 4.70. The van der Waals surface area contributed by atoms with Crippen molar-refractivity contribution in [2.75, 3.05) is 36.4 Å². The van der Waals surface area contributed by atoms with Gasteiger partial charge < -0.3 is 19.9 Å². The molecule has 2 amide bonds. The molecule has 0 spiro atoms. The Hall–Kier alpha value is -5.10. The van der Waals surface area contributed by atoms with E-state index in [0.29, 0.717) is 54.0 Å². The first-order valence-corrected chi connectivity index (χ1v) is 16.0. The molecular weight excluding hydrogens is 594 g/mol. The molecule has 4 aromatic rings. The van der Waals surface area contributed by atoms with Crippen LogP contribution in [-0.2, 0) is 9.84 Å². The van der Waals surface area contributed by atoms with Gasteiger partial charge in [-0.2, -0.15) is 0 Å². The van der Waals surface area contributed by atoms with Gasteiger partial charge in [-0.3, -0.25) is 19.4 Å². The molecule has 1 aliphatic heterocycles. The van der Waals surface area contributed by atoms with Crippen molar-refractivity contribution in [1.82, 2.24) is 14.9 Å². The zero-order valence-corrected chi connectivity index (χ0v) is 26.0. The summed E-state index contributed by atoms with van der Waals surface area (Å²) in [6.45, 7) is 6.95. The Kier molecular flexibility index (Phi) is 9.24. The van der Waals surface area contributed by atoms with Crippen LogP contribution in [0.25, 0.3) is 0 Å². The summed E-state index contributed by atoms with van der Waals surface area (Å²) < 4.78 is 30.5. The van der Waals surface area contributed by atoms with Crippen LogP contribution in [0, 0.1) is 0 Å². The van der Waals surface area contributed by atoms with Gasteiger partial charge in [-0.05, 0) is 87.5 Å². The van der Waals surface area contributed by atoms with Gasteiger partial charge in [0.05, 0.1) is 27.6 Å². The summed E-state index contributed by atoms with van der Waals surface area (Å²) in [5.74, 6) is 0.185. The highest BCUT2D eigenvalue weighted by Crippen LogP contribution is 2.23. The van der Waals surface area contributed by atoms with Crippen molar-refractivity contribution in [3.8, 4) is 11.6 Å². The molecule has 1 fully saturated rings. The van der Waals surface area contributed by atoms with Gasteiger partial charge in [-0.25, -0.2) is 13.4 Å². The molecular formula is C33H33N5O6S. The number of ketones is 1. The summed E-state index contributed by atoms with van der Waals surface area (Å²) in [7, 11) is -3.33. The Balaban J connectivity index is 1.12. The van der Waals surface area contributed by atoms with E-state index in [9.17, 15) is 22.8 Å². The van der Waals surface area contributed by atoms with Crippen LogP contribution in [0.2, 0.25) is 0 Å². The first kappa shape index (κ1) is 31.3. The lowest BCUT2D eigenvalue weighted by Crippen LogP contribution is -2.49. The van der Waals surface area contributed by atoms with Gasteiger partial charge in [0.2, 0.25) is 5.88 Å². The fourth-order valence-corrected chi connectivity index (χ4v) is 5.76. The SMILES string of the molecule is CC(=O)c1ccc(Oc2ccc(NC(=O)c3ccc(C(=O)N4CCN(c5ccc(S(=O)(=O)C(C)C)cc5)CC4)nc3)cn2)cc1. The number of anilines is 2. The summed E-state index contributed by atoms with van der Waals surface area (Å²) in [4.78, 5) is 49.9. The van der Waals surface area contributed by atoms with E-state index in [0.717, 1.165) is 5.69 Å². The van der Waals surface area contributed by atoms with Crippen molar-refractivity contribution in [2.24, 2.45) is 0 Å². The maximum Gasteiger partial charge on any atom is 0.272 e. The fraction of sp³-hybridized carbons (Fsp3) is 0.242. The Labute approximate surface area is 261 Å². The number of hydrogen-bond acceptors (Lipinski definition) is 9. The minimum absolute atomic E-state index is 0.0330. The Morgan fingerprint density at radius 3 is 2.02 bits per heavy atom.